The molecule has 0 aliphatic carbocycles. The van der Waals surface area contributed by atoms with Crippen LogP contribution in [0, 0.1) is 0 Å². The van der Waals surface area contributed by atoms with E-state index in [1.54, 1.807) is 0 Å². The fourth-order valence-electron chi connectivity index (χ4n) is 3.72. The van der Waals surface area contributed by atoms with Crippen LogP contribution in [0.5, 0.6) is 0 Å². The van der Waals surface area contributed by atoms with Crippen molar-refractivity contribution < 1.29 is 4.74 Å². The SMILES string of the molecule is CCC1OC(C)CC1(c1ccccc1)c1ccccc1. The number of hydrogen-bond acceptors (Lipinski definition) is 1. The minimum absolute atomic E-state index is 0.00329. The molecule has 0 amide bonds. The van der Waals surface area contributed by atoms with E-state index in [9.17, 15) is 0 Å². The fourth-order valence-corrected chi connectivity index (χ4v) is 3.72. The molecular weight excluding hydrogens is 244 g/mol. The van der Waals surface area contributed by atoms with Crippen molar-refractivity contribution in [3.63, 3.8) is 0 Å². The summed E-state index contributed by atoms with van der Waals surface area (Å²) in [5.41, 5.74) is 2.75. The number of ether oxygens (including phenoxy) is 1. The highest BCUT2D eigenvalue weighted by atomic mass is 16.5. The molecule has 104 valence electrons. The monoisotopic (exact) mass is 266 g/mol. The maximum atomic E-state index is 6.24. The van der Waals surface area contributed by atoms with E-state index < -0.39 is 0 Å². The highest BCUT2D eigenvalue weighted by Gasteiger charge is 2.48. The normalized spacial score (nSPS) is 24.7. The van der Waals surface area contributed by atoms with Gasteiger partial charge in [-0.3, -0.25) is 0 Å². The van der Waals surface area contributed by atoms with E-state index >= 15 is 0 Å². The Morgan fingerprint density at radius 3 is 1.90 bits per heavy atom. The van der Waals surface area contributed by atoms with Gasteiger partial charge < -0.3 is 4.74 Å². The third-order valence-electron chi connectivity index (χ3n) is 4.50. The van der Waals surface area contributed by atoms with Crippen molar-refractivity contribution >= 4 is 0 Å². The second-order valence-corrected chi connectivity index (χ2v) is 5.75. The smallest absolute Gasteiger partial charge is 0.0714 e. The van der Waals surface area contributed by atoms with Crippen LogP contribution in [-0.2, 0) is 10.2 Å². The van der Waals surface area contributed by atoms with Gasteiger partial charge in [0.1, 0.15) is 0 Å². The van der Waals surface area contributed by atoms with Crippen LogP contribution in [0.1, 0.15) is 37.8 Å². The Kier molecular flexibility index (Phi) is 3.62. The molecule has 0 bridgehead atoms. The number of rotatable bonds is 3. The van der Waals surface area contributed by atoms with Crippen molar-refractivity contribution in [3.05, 3.63) is 71.8 Å². The molecule has 2 atom stereocenters. The van der Waals surface area contributed by atoms with E-state index in [0.29, 0.717) is 6.10 Å². The molecule has 1 nitrogen and oxygen atoms in total. The molecule has 2 unspecified atom stereocenters. The first-order valence-electron chi connectivity index (χ1n) is 7.54. The van der Waals surface area contributed by atoms with Crippen LogP contribution in [0.4, 0.5) is 0 Å². The van der Waals surface area contributed by atoms with E-state index in [2.05, 4.69) is 74.5 Å². The van der Waals surface area contributed by atoms with E-state index in [0.717, 1.165) is 12.8 Å². The van der Waals surface area contributed by atoms with Gasteiger partial charge in [-0.2, -0.15) is 0 Å². The molecule has 0 radical (unpaired) electrons. The van der Waals surface area contributed by atoms with E-state index in [1.165, 1.54) is 11.1 Å². The van der Waals surface area contributed by atoms with Crippen molar-refractivity contribution in [2.75, 3.05) is 0 Å². The van der Waals surface area contributed by atoms with Gasteiger partial charge in [-0.25, -0.2) is 0 Å². The average molecular weight is 266 g/mol. The molecule has 20 heavy (non-hydrogen) atoms. The highest BCUT2D eigenvalue weighted by Crippen LogP contribution is 2.47. The average Bonchev–Trinajstić information content (AvgIpc) is 2.87. The molecule has 1 aliphatic rings. The highest BCUT2D eigenvalue weighted by molar-refractivity contribution is 5.42. The van der Waals surface area contributed by atoms with E-state index in [4.69, 9.17) is 4.74 Å². The molecule has 0 aromatic heterocycles. The van der Waals surface area contributed by atoms with Crippen molar-refractivity contribution in [1.82, 2.24) is 0 Å². The summed E-state index contributed by atoms with van der Waals surface area (Å²) < 4.78 is 6.24. The van der Waals surface area contributed by atoms with Gasteiger partial charge in [-0.15, -0.1) is 0 Å². The predicted molar refractivity (Wildman–Crippen MR) is 82.9 cm³/mol. The molecule has 1 heteroatoms. The minimum Gasteiger partial charge on any atom is -0.374 e. The van der Waals surface area contributed by atoms with E-state index in [1.807, 2.05) is 0 Å². The summed E-state index contributed by atoms with van der Waals surface area (Å²) in [6, 6.07) is 21.7. The van der Waals surface area contributed by atoms with Crippen LogP contribution >= 0.6 is 0 Å². The van der Waals surface area contributed by atoms with Gasteiger partial charge >= 0.3 is 0 Å². The van der Waals surface area contributed by atoms with Crippen LogP contribution < -0.4 is 0 Å². The Morgan fingerprint density at radius 2 is 1.45 bits per heavy atom. The molecule has 2 aromatic carbocycles. The molecule has 1 heterocycles. The molecular formula is C19H22O. The predicted octanol–water partition coefficient (Wildman–Crippen LogP) is 4.56. The standard InChI is InChI=1S/C19H22O/c1-3-18-19(14-15(2)20-18,16-10-6-4-7-11-16)17-12-8-5-9-13-17/h4-13,15,18H,3,14H2,1-2H3. The van der Waals surface area contributed by atoms with Gasteiger partial charge in [0.05, 0.1) is 12.2 Å². The van der Waals surface area contributed by atoms with Gasteiger partial charge in [0.25, 0.3) is 0 Å². The van der Waals surface area contributed by atoms with Crippen LogP contribution in [0.2, 0.25) is 0 Å². The summed E-state index contributed by atoms with van der Waals surface area (Å²) in [6.45, 7) is 4.42. The molecule has 0 N–H and O–H groups in total. The lowest BCUT2D eigenvalue weighted by molar-refractivity contribution is 0.0401. The second kappa shape index (κ2) is 5.41. The lowest BCUT2D eigenvalue weighted by Gasteiger charge is -2.35. The van der Waals surface area contributed by atoms with Gasteiger partial charge in [-0.1, -0.05) is 67.6 Å². The van der Waals surface area contributed by atoms with Crippen molar-refractivity contribution in [2.24, 2.45) is 0 Å². The molecule has 0 saturated carbocycles. The molecule has 0 spiro atoms. The molecule has 3 rings (SSSR count). The third kappa shape index (κ3) is 2.06. The van der Waals surface area contributed by atoms with Gasteiger partial charge in [0.15, 0.2) is 0 Å². The summed E-state index contributed by atoms with van der Waals surface area (Å²) in [5.74, 6) is 0. The van der Waals surface area contributed by atoms with Gasteiger partial charge in [-0.05, 0) is 30.9 Å². The first-order valence-corrected chi connectivity index (χ1v) is 7.54. The van der Waals surface area contributed by atoms with Crippen LogP contribution in [0.25, 0.3) is 0 Å². The summed E-state index contributed by atoms with van der Waals surface area (Å²) >= 11 is 0. The second-order valence-electron chi connectivity index (χ2n) is 5.75. The molecule has 2 aromatic rings. The largest absolute Gasteiger partial charge is 0.374 e. The Morgan fingerprint density at radius 1 is 0.950 bits per heavy atom. The summed E-state index contributed by atoms with van der Waals surface area (Å²) in [5, 5.41) is 0. The van der Waals surface area contributed by atoms with Crippen LogP contribution in [0.15, 0.2) is 60.7 Å². The summed E-state index contributed by atoms with van der Waals surface area (Å²) in [4.78, 5) is 0. The topological polar surface area (TPSA) is 9.23 Å². The molecule has 1 aliphatic heterocycles. The quantitative estimate of drug-likeness (QED) is 0.791. The van der Waals surface area contributed by atoms with Crippen LogP contribution in [0.3, 0.4) is 0 Å². The third-order valence-corrected chi connectivity index (χ3v) is 4.50. The zero-order chi connectivity index (χ0) is 14.0. The van der Waals surface area contributed by atoms with Crippen molar-refractivity contribution in [1.29, 1.82) is 0 Å². The van der Waals surface area contributed by atoms with Crippen molar-refractivity contribution in [2.45, 2.75) is 44.3 Å². The first kappa shape index (κ1) is 13.4. The minimum atomic E-state index is -0.00329. The fraction of sp³-hybridized carbons (Fsp3) is 0.368. The Labute approximate surface area is 121 Å². The van der Waals surface area contributed by atoms with E-state index in [-0.39, 0.29) is 11.5 Å². The zero-order valence-corrected chi connectivity index (χ0v) is 12.3. The van der Waals surface area contributed by atoms with Crippen molar-refractivity contribution in [3.8, 4) is 0 Å². The lowest BCUT2D eigenvalue weighted by atomic mass is 9.68. The maximum Gasteiger partial charge on any atom is 0.0714 e. The summed E-state index contributed by atoms with van der Waals surface area (Å²) in [6.07, 6.45) is 2.65. The Balaban J connectivity index is 2.18. The number of hydrogen-bond donors (Lipinski definition) is 0. The van der Waals surface area contributed by atoms with Crippen LogP contribution in [-0.4, -0.2) is 12.2 Å². The summed E-state index contributed by atoms with van der Waals surface area (Å²) in [7, 11) is 0. The zero-order valence-electron chi connectivity index (χ0n) is 12.3. The molecule has 1 saturated heterocycles. The lowest BCUT2D eigenvalue weighted by Crippen LogP contribution is -2.36. The first-order chi connectivity index (χ1) is 9.77. The Bertz CT molecular complexity index is 507. The maximum absolute atomic E-state index is 6.24. The molecule has 1 fully saturated rings. The van der Waals surface area contributed by atoms with Gasteiger partial charge in [0, 0.05) is 5.41 Å². The number of benzene rings is 2. The van der Waals surface area contributed by atoms with Gasteiger partial charge in [0.2, 0.25) is 0 Å². The Hall–Kier alpha value is -1.60.